The van der Waals surface area contributed by atoms with E-state index in [0.29, 0.717) is 6.61 Å². The number of halogens is 1. The van der Waals surface area contributed by atoms with E-state index in [2.05, 4.69) is 4.84 Å². The van der Waals surface area contributed by atoms with Crippen molar-refractivity contribution in [3.63, 3.8) is 0 Å². The van der Waals surface area contributed by atoms with E-state index in [0.717, 1.165) is 12.0 Å². The van der Waals surface area contributed by atoms with E-state index < -0.39 is 0 Å². The second-order valence-electron chi connectivity index (χ2n) is 2.61. The van der Waals surface area contributed by atoms with Crippen LogP contribution in [0.3, 0.4) is 0 Å². The summed E-state index contributed by atoms with van der Waals surface area (Å²) in [7, 11) is 0. The molecule has 0 aromatic heterocycles. The highest BCUT2D eigenvalue weighted by molar-refractivity contribution is 5.48. The van der Waals surface area contributed by atoms with E-state index in [9.17, 15) is 4.39 Å². The Morgan fingerprint density at radius 2 is 2.00 bits per heavy atom. The number of benzene rings is 1. The van der Waals surface area contributed by atoms with Crippen LogP contribution in [0.1, 0.15) is 12.0 Å². The average Bonchev–Trinajstić information content (AvgIpc) is 2.15. The lowest BCUT2D eigenvalue weighted by Gasteiger charge is -1.93. The van der Waals surface area contributed by atoms with Crippen molar-refractivity contribution >= 4 is 6.08 Å². The SMILES string of the molecule is NOCC/C=C/c1ccc(F)cc1. The van der Waals surface area contributed by atoms with Gasteiger partial charge < -0.3 is 4.84 Å². The molecule has 0 saturated carbocycles. The van der Waals surface area contributed by atoms with Gasteiger partial charge >= 0.3 is 0 Å². The summed E-state index contributed by atoms with van der Waals surface area (Å²) >= 11 is 0. The monoisotopic (exact) mass is 181 g/mol. The number of hydrogen-bond acceptors (Lipinski definition) is 2. The van der Waals surface area contributed by atoms with Crippen molar-refractivity contribution in [1.29, 1.82) is 0 Å². The lowest BCUT2D eigenvalue weighted by atomic mass is 10.2. The van der Waals surface area contributed by atoms with Crippen molar-refractivity contribution in [2.24, 2.45) is 5.90 Å². The molecular formula is C10H12FNO. The minimum atomic E-state index is -0.220. The van der Waals surface area contributed by atoms with Crippen molar-refractivity contribution in [3.8, 4) is 0 Å². The van der Waals surface area contributed by atoms with Gasteiger partial charge in [0, 0.05) is 0 Å². The number of rotatable bonds is 4. The smallest absolute Gasteiger partial charge is 0.123 e. The maximum absolute atomic E-state index is 12.5. The summed E-state index contributed by atoms with van der Waals surface area (Å²) in [5, 5.41) is 0. The zero-order valence-corrected chi connectivity index (χ0v) is 7.24. The van der Waals surface area contributed by atoms with Crippen LogP contribution in [-0.2, 0) is 4.84 Å². The van der Waals surface area contributed by atoms with Gasteiger partial charge in [-0.05, 0) is 24.1 Å². The molecule has 0 aliphatic carbocycles. The van der Waals surface area contributed by atoms with Gasteiger partial charge in [0.15, 0.2) is 0 Å². The Labute approximate surface area is 76.8 Å². The molecule has 13 heavy (non-hydrogen) atoms. The molecular weight excluding hydrogens is 169 g/mol. The quantitative estimate of drug-likeness (QED) is 0.570. The number of nitrogens with two attached hydrogens (primary N) is 1. The summed E-state index contributed by atoms with van der Waals surface area (Å²) in [5.41, 5.74) is 0.971. The molecule has 0 spiro atoms. The summed E-state index contributed by atoms with van der Waals surface area (Å²) in [6.45, 7) is 0.498. The van der Waals surface area contributed by atoms with Gasteiger partial charge in [-0.2, -0.15) is 0 Å². The Hall–Kier alpha value is -1.19. The topological polar surface area (TPSA) is 35.2 Å². The van der Waals surface area contributed by atoms with E-state index in [-0.39, 0.29) is 5.82 Å². The Morgan fingerprint density at radius 3 is 2.62 bits per heavy atom. The van der Waals surface area contributed by atoms with Crippen LogP contribution < -0.4 is 5.90 Å². The minimum absolute atomic E-state index is 0.220. The second-order valence-corrected chi connectivity index (χ2v) is 2.61. The van der Waals surface area contributed by atoms with Crippen molar-refractivity contribution in [2.45, 2.75) is 6.42 Å². The first-order valence-electron chi connectivity index (χ1n) is 4.06. The maximum Gasteiger partial charge on any atom is 0.123 e. The van der Waals surface area contributed by atoms with Gasteiger partial charge in [0.25, 0.3) is 0 Å². The van der Waals surface area contributed by atoms with Crippen LogP contribution >= 0.6 is 0 Å². The Bertz CT molecular complexity index is 269. The normalized spacial score (nSPS) is 10.9. The predicted molar refractivity (Wildman–Crippen MR) is 50.2 cm³/mol. The number of hydrogen-bond donors (Lipinski definition) is 1. The molecule has 0 unspecified atom stereocenters. The van der Waals surface area contributed by atoms with Crippen LogP contribution in [0.25, 0.3) is 6.08 Å². The molecule has 3 heteroatoms. The fourth-order valence-corrected chi connectivity index (χ4v) is 0.929. The molecule has 0 heterocycles. The Kier molecular flexibility index (Phi) is 4.15. The molecule has 0 fully saturated rings. The van der Waals surface area contributed by atoms with E-state index in [1.165, 1.54) is 12.1 Å². The Morgan fingerprint density at radius 1 is 1.31 bits per heavy atom. The first-order valence-corrected chi connectivity index (χ1v) is 4.06. The van der Waals surface area contributed by atoms with Gasteiger partial charge in [-0.25, -0.2) is 10.3 Å². The first-order chi connectivity index (χ1) is 6.33. The average molecular weight is 181 g/mol. The molecule has 0 aliphatic rings. The summed E-state index contributed by atoms with van der Waals surface area (Å²) in [6.07, 6.45) is 4.59. The minimum Gasteiger partial charge on any atom is -0.304 e. The lowest BCUT2D eigenvalue weighted by Crippen LogP contribution is -1.98. The Balaban J connectivity index is 2.44. The van der Waals surface area contributed by atoms with Crippen LogP contribution in [0.4, 0.5) is 4.39 Å². The van der Waals surface area contributed by atoms with E-state index in [1.54, 1.807) is 12.1 Å². The fraction of sp³-hybridized carbons (Fsp3) is 0.200. The van der Waals surface area contributed by atoms with Crippen molar-refractivity contribution in [3.05, 3.63) is 41.7 Å². The second kappa shape index (κ2) is 5.45. The lowest BCUT2D eigenvalue weighted by molar-refractivity contribution is 0.143. The molecule has 0 amide bonds. The molecule has 1 rings (SSSR count). The van der Waals surface area contributed by atoms with E-state index in [1.807, 2.05) is 12.2 Å². The van der Waals surface area contributed by atoms with Crippen molar-refractivity contribution in [2.75, 3.05) is 6.61 Å². The molecule has 2 N–H and O–H groups in total. The van der Waals surface area contributed by atoms with Gasteiger partial charge in [0.05, 0.1) is 6.61 Å². The fourth-order valence-electron chi connectivity index (χ4n) is 0.929. The van der Waals surface area contributed by atoms with Gasteiger partial charge in [0.1, 0.15) is 5.82 Å². The zero-order chi connectivity index (χ0) is 9.52. The molecule has 0 bridgehead atoms. The molecule has 1 aromatic rings. The zero-order valence-electron chi connectivity index (χ0n) is 7.24. The molecule has 2 nitrogen and oxygen atoms in total. The van der Waals surface area contributed by atoms with Crippen molar-refractivity contribution < 1.29 is 9.23 Å². The third-order valence-electron chi connectivity index (χ3n) is 1.58. The molecule has 0 radical (unpaired) electrons. The molecule has 0 aliphatic heterocycles. The summed E-state index contributed by atoms with van der Waals surface area (Å²) in [6, 6.07) is 6.29. The van der Waals surface area contributed by atoms with E-state index in [4.69, 9.17) is 5.90 Å². The summed E-state index contributed by atoms with van der Waals surface area (Å²) in [4.78, 5) is 4.39. The molecule has 1 aromatic carbocycles. The highest BCUT2D eigenvalue weighted by Crippen LogP contribution is 2.04. The van der Waals surface area contributed by atoms with Crippen LogP contribution in [0.2, 0.25) is 0 Å². The summed E-state index contributed by atoms with van der Waals surface area (Å²) < 4.78 is 12.5. The van der Waals surface area contributed by atoms with Crippen LogP contribution in [0.5, 0.6) is 0 Å². The van der Waals surface area contributed by atoms with Crippen LogP contribution in [0, 0.1) is 5.82 Å². The maximum atomic E-state index is 12.5. The van der Waals surface area contributed by atoms with Gasteiger partial charge in [-0.15, -0.1) is 0 Å². The highest BCUT2D eigenvalue weighted by atomic mass is 19.1. The van der Waals surface area contributed by atoms with E-state index >= 15 is 0 Å². The largest absolute Gasteiger partial charge is 0.304 e. The summed E-state index contributed by atoms with van der Waals surface area (Å²) in [5.74, 6) is 4.62. The molecule has 70 valence electrons. The third kappa shape index (κ3) is 3.83. The van der Waals surface area contributed by atoms with Crippen LogP contribution in [-0.4, -0.2) is 6.61 Å². The standard InChI is InChI=1S/C10H12FNO/c11-10-6-4-9(5-7-10)3-1-2-8-13-12/h1,3-7H,2,8,12H2/b3-1+. The van der Waals surface area contributed by atoms with Gasteiger partial charge in [-0.1, -0.05) is 24.3 Å². The predicted octanol–water partition coefficient (Wildman–Crippen LogP) is 2.12. The highest BCUT2D eigenvalue weighted by Gasteiger charge is 1.87. The third-order valence-corrected chi connectivity index (χ3v) is 1.58. The van der Waals surface area contributed by atoms with Gasteiger partial charge in [0.2, 0.25) is 0 Å². The first kappa shape index (κ1) is 9.89. The van der Waals surface area contributed by atoms with Gasteiger partial charge in [-0.3, -0.25) is 0 Å². The molecule has 0 atom stereocenters. The van der Waals surface area contributed by atoms with Crippen LogP contribution in [0.15, 0.2) is 30.3 Å². The van der Waals surface area contributed by atoms with Crippen molar-refractivity contribution in [1.82, 2.24) is 0 Å². The molecule has 0 saturated heterocycles.